The number of imidazole rings is 1. The van der Waals surface area contributed by atoms with Gasteiger partial charge in [-0.1, -0.05) is 0 Å². The minimum atomic E-state index is -0.778. The Balaban J connectivity index is 1.73. The highest BCUT2D eigenvalue weighted by molar-refractivity contribution is 5.69. The Morgan fingerprint density at radius 3 is 2.96 bits per heavy atom. The van der Waals surface area contributed by atoms with Gasteiger partial charge >= 0.3 is 5.97 Å². The van der Waals surface area contributed by atoms with Crippen LogP contribution in [0.4, 0.5) is 0 Å². The quantitative estimate of drug-likeness (QED) is 0.870. The smallest absolute Gasteiger partial charge is 0.317 e. The van der Waals surface area contributed by atoms with Gasteiger partial charge in [0, 0.05) is 31.9 Å². The van der Waals surface area contributed by atoms with Crippen LogP contribution in [0.3, 0.4) is 0 Å². The van der Waals surface area contributed by atoms with E-state index in [0.29, 0.717) is 6.54 Å². The summed E-state index contributed by atoms with van der Waals surface area (Å²) >= 11 is 0. The van der Waals surface area contributed by atoms with Gasteiger partial charge in [-0.05, 0) is 26.3 Å². The normalized spacial score (nSPS) is 19.1. The summed E-state index contributed by atoms with van der Waals surface area (Å²) < 4.78 is 4.07. The summed E-state index contributed by atoms with van der Waals surface area (Å²) in [7, 11) is 1.98. The van der Waals surface area contributed by atoms with Gasteiger partial charge in [-0.3, -0.25) is 9.69 Å². The SMILES string of the molecule is Cc1nccn1Cc1nnc([C@H]2CCCN(CC(=O)O)C2)n1C. The maximum Gasteiger partial charge on any atom is 0.317 e. The lowest BCUT2D eigenvalue weighted by Crippen LogP contribution is -2.38. The number of nitrogens with zero attached hydrogens (tertiary/aromatic N) is 6. The average Bonchev–Trinajstić information content (AvgIpc) is 3.06. The highest BCUT2D eigenvalue weighted by atomic mass is 16.4. The third-order valence-corrected chi connectivity index (χ3v) is 4.46. The number of carboxylic acids is 1. The zero-order valence-electron chi connectivity index (χ0n) is 13.5. The van der Waals surface area contributed by atoms with Crippen LogP contribution < -0.4 is 0 Å². The third-order valence-electron chi connectivity index (χ3n) is 4.46. The number of hydrogen-bond acceptors (Lipinski definition) is 5. The first kappa shape index (κ1) is 15.7. The van der Waals surface area contributed by atoms with Crippen molar-refractivity contribution < 1.29 is 9.90 Å². The van der Waals surface area contributed by atoms with E-state index in [1.54, 1.807) is 6.20 Å². The van der Waals surface area contributed by atoms with Gasteiger partial charge in [0.25, 0.3) is 0 Å². The van der Waals surface area contributed by atoms with Crippen LogP contribution in [0.2, 0.25) is 0 Å². The molecular formula is C15H22N6O2. The fourth-order valence-electron chi connectivity index (χ4n) is 3.19. The minimum Gasteiger partial charge on any atom is -0.480 e. The molecule has 0 amide bonds. The molecule has 0 radical (unpaired) electrons. The molecule has 3 rings (SSSR count). The molecule has 0 spiro atoms. The Labute approximate surface area is 134 Å². The van der Waals surface area contributed by atoms with E-state index in [1.165, 1.54) is 0 Å². The van der Waals surface area contributed by atoms with E-state index in [-0.39, 0.29) is 12.5 Å². The lowest BCUT2D eigenvalue weighted by molar-refractivity contribution is -0.138. The van der Waals surface area contributed by atoms with Crippen molar-refractivity contribution in [2.24, 2.45) is 7.05 Å². The molecule has 8 heteroatoms. The number of carboxylic acid groups (broad SMARTS) is 1. The molecular weight excluding hydrogens is 296 g/mol. The predicted molar refractivity (Wildman–Crippen MR) is 83.1 cm³/mol. The number of aromatic nitrogens is 5. The molecule has 124 valence electrons. The summed E-state index contributed by atoms with van der Waals surface area (Å²) in [4.78, 5) is 17.1. The molecule has 8 nitrogen and oxygen atoms in total. The number of likely N-dealkylation sites (tertiary alicyclic amines) is 1. The molecule has 1 atom stereocenters. The van der Waals surface area contributed by atoms with Gasteiger partial charge < -0.3 is 14.2 Å². The fraction of sp³-hybridized carbons (Fsp3) is 0.600. The Hall–Kier alpha value is -2.22. The second kappa shape index (κ2) is 6.49. The van der Waals surface area contributed by atoms with Gasteiger partial charge in [0.2, 0.25) is 0 Å². The molecule has 0 bridgehead atoms. The Morgan fingerprint density at radius 1 is 1.43 bits per heavy atom. The molecule has 1 aliphatic rings. The van der Waals surface area contributed by atoms with Crippen molar-refractivity contribution in [2.75, 3.05) is 19.6 Å². The molecule has 1 saturated heterocycles. The largest absolute Gasteiger partial charge is 0.480 e. The van der Waals surface area contributed by atoms with E-state index in [1.807, 2.05) is 34.2 Å². The zero-order valence-corrected chi connectivity index (χ0v) is 13.5. The first-order valence-electron chi connectivity index (χ1n) is 7.84. The number of aliphatic carboxylic acids is 1. The molecule has 1 fully saturated rings. The van der Waals surface area contributed by atoms with Crippen LogP contribution in [0, 0.1) is 6.92 Å². The Bertz CT molecular complexity index is 692. The minimum absolute atomic E-state index is 0.0927. The maximum absolute atomic E-state index is 10.9. The molecule has 1 aliphatic heterocycles. The second-order valence-corrected chi connectivity index (χ2v) is 6.10. The van der Waals surface area contributed by atoms with E-state index in [2.05, 4.69) is 15.2 Å². The molecule has 1 N–H and O–H groups in total. The van der Waals surface area contributed by atoms with Crippen molar-refractivity contribution in [1.82, 2.24) is 29.2 Å². The maximum atomic E-state index is 10.9. The molecule has 23 heavy (non-hydrogen) atoms. The van der Waals surface area contributed by atoms with Crippen LogP contribution in [0.15, 0.2) is 12.4 Å². The second-order valence-electron chi connectivity index (χ2n) is 6.10. The molecule has 0 unspecified atom stereocenters. The summed E-state index contributed by atoms with van der Waals surface area (Å²) in [6, 6.07) is 0. The van der Waals surface area contributed by atoms with Gasteiger partial charge in [-0.25, -0.2) is 4.98 Å². The summed E-state index contributed by atoms with van der Waals surface area (Å²) in [5.41, 5.74) is 0. The Kier molecular flexibility index (Phi) is 4.42. The summed E-state index contributed by atoms with van der Waals surface area (Å²) in [5, 5.41) is 17.7. The van der Waals surface area contributed by atoms with Gasteiger partial charge in [-0.2, -0.15) is 0 Å². The van der Waals surface area contributed by atoms with Crippen molar-refractivity contribution in [3.8, 4) is 0 Å². The van der Waals surface area contributed by atoms with E-state index in [9.17, 15) is 4.79 Å². The predicted octanol–water partition coefficient (Wildman–Crippen LogP) is 0.632. The Morgan fingerprint density at radius 2 is 2.26 bits per heavy atom. The number of hydrogen-bond donors (Lipinski definition) is 1. The van der Waals surface area contributed by atoms with Crippen molar-refractivity contribution in [1.29, 1.82) is 0 Å². The summed E-state index contributed by atoms with van der Waals surface area (Å²) in [5.74, 6) is 2.22. The van der Waals surface area contributed by atoms with Crippen molar-refractivity contribution >= 4 is 5.97 Å². The molecule has 2 aromatic rings. The van der Waals surface area contributed by atoms with Crippen LogP contribution in [0.25, 0.3) is 0 Å². The third kappa shape index (κ3) is 3.42. The van der Waals surface area contributed by atoms with Crippen LogP contribution in [0.1, 0.15) is 36.2 Å². The number of carbonyl (C=O) groups is 1. The number of rotatable bonds is 5. The highest BCUT2D eigenvalue weighted by Gasteiger charge is 2.26. The van der Waals surface area contributed by atoms with Crippen LogP contribution in [0.5, 0.6) is 0 Å². The molecule has 2 aromatic heterocycles. The van der Waals surface area contributed by atoms with E-state index < -0.39 is 5.97 Å². The van der Waals surface area contributed by atoms with Gasteiger partial charge in [0.15, 0.2) is 5.82 Å². The van der Waals surface area contributed by atoms with E-state index in [4.69, 9.17) is 5.11 Å². The van der Waals surface area contributed by atoms with Crippen molar-refractivity contribution in [3.05, 3.63) is 29.9 Å². The van der Waals surface area contributed by atoms with Gasteiger partial charge in [0.05, 0.1) is 13.1 Å². The lowest BCUT2D eigenvalue weighted by atomic mass is 9.97. The standard InChI is InChI=1S/C15H22N6O2/c1-11-16-5-7-21(11)9-13-17-18-15(19(13)2)12-4-3-6-20(8-12)10-14(22)23/h5,7,12H,3-4,6,8-10H2,1-2H3,(H,22,23)/t12-/m0/s1. The summed E-state index contributed by atoms with van der Waals surface area (Å²) in [6.45, 7) is 4.25. The van der Waals surface area contributed by atoms with Gasteiger partial charge in [-0.15, -0.1) is 10.2 Å². The van der Waals surface area contributed by atoms with Crippen molar-refractivity contribution in [2.45, 2.75) is 32.2 Å². The molecule has 0 aliphatic carbocycles. The highest BCUT2D eigenvalue weighted by Crippen LogP contribution is 2.25. The fourth-order valence-corrected chi connectivity index (χ4v) is 3.19. The first-order valence-corrected chi connectivity index (χ1v) is 7.84. The van der Waals surface area contributed by atoms with Gasteiger partial charge in [0.1, 0.15) is 11.6 Å². The number of aryl methyl sites for hydroxylation is 1. The van der Waals surface area contributed by atoms with E-state index >= 15 is 0 Å². The first-order chi connectivity index (χ1) is 11.0. The lowest BCUT2D eigenvalue weighted by Gasteiger charge is -2.30. The zero-order chi connectivity index (χ0) is 16.4. The molecule has 0 aromatic carbocycles. The summed E-state index contributed by atoms with van der Waals surface area (Å²) in [6.07, 6.45) is 5.71. The topological polar surface area (TPSA) is 89.1 Å². The molecule has 3 heterocycles. The average molecular weight is 318 g/mol. The molecule has 0 saturated carbocycles. The monoisotopic (exact) mass is 318 g/mol. The van der Waals surface area contributed by atoms with Crippen LogP contribution in [-0.4, -0.2) is 59.9 Å². The van der Waals surface area contributed by atoms with Crippen LogP contribution in [-0.2, 0) is 18.4 Å². The van der Waals surface area contributed by atoms with E-state index in [0.717, 1.165) is 43.4 Å². The van der Waals surface area contributed by atoms with Crippen LogP contribution >= 0.6 is 0 Å². The number of piperidine rings is 1. The van der Waals surface area contributed by atoms with Crippen molar-refractivity contribution in [3.63, 3.8) is 0 Å².